The van der Waals surface area contributed by atoms with Crippen LogP contribution in [0.5, 0.6) is 0 Å². The van der Waals surface area contributed by atoms with Gasteiger partial charge in [0.05, 0.1) is 0 Å². The monoisotopic (exact) mass is 386 g/mol. The van der Waals surface area contributed by atoms with E-state index in [9.17, 15) is 0 Å². The van der Waals surface area contributed by atoms with Crippen LogP contribution in [-0.2, 0) is 11.8 Å². The van der Waals surface area contributed by atoms with Crippen molar-refractivity contribution in [3.05, 3.63) is 118 Å². The van der Waals surface area contributed by atoms with Gasteiger partial charge in [-0.3, -0.25) is 0 Å². The maximum absolute atomic E-state index is 3.68. The number of allylic oxidation sites excluding steroid dienone is 2. The molecule has 0 bridgehead atoms. The first kappa shape index (κ1) is 16.1. The van der Waals surface area contributed by atoms with Gasteiger partial charge in [0.2, 0.25) is 0 Å². The predicted molar refractivity (Wildman–Crippen MR) is 110 cm³/mol. The molecule has 0 heterocycles. The Bertz CT molecular complexity index is 923. The quantitative estimate of drug-likeness (QED) is 0.471. The molecule has 0 amide bonds. The standard InChI is InChI=1S/C24H19Br/c25-23-13-7-10-20-18-24(17-15-22(20)23,21-11-5-2-6-12-21)16-14-19-8-3-1-4-9-19/h1-17H,18H2. The number of hydrogen-bond acceptors (Lipinski definition) is 0. The number of benzene rings is 3. The van der Waals surface area contributed by atoms with Gasteiger partial charge in [-0.05, 0) is 34.7 Å². The Labute approximate surface area is 157 Å². The van der Waals surface area contributed by atoms with E-state index in [0.717, 1.165) is 10.9 Å². The summed E-state index contributed by atoms with van der Waals surface area (Å²) >= 11 is 3.68. The molecular formula is C24H19Br. The molecule has 0 aromatic heterocycles. The molecule has 1 atom stereocenters. The molecule has 0 saturated heterocycles. The fourth-order valence-corrected chi connectivity index (χ4v) is 4.03. The third-order valence-corrected chi connectivity index (χ3v) is 5.55. The van der Waals surface area contributed by atoms with Crippen LogP contribution in [0.15, 0.2) is 95.5 Å². The maximum atomic E-state index is 3.68. The van der Waals surface area contributed by atoms with Crippen molar-refractivity contribution >= 4 is 28.1 Å². The highest BCUT2D eigenvalue weighted by molar-refractivity contribution is 9.10. The Hall–Kier alpha value is -2.38. The zero-order chi connectivity index (χ0) is 17.1. The summed E-state index contributed by atoms with van der Waals surface area (Å²) in [5.74, 6) is 0. The molecule has 122 valence electrons. The van der Waals surface area contributed by atoms with Gasteiger partial charge in [0, 0.05) is 9.89 Å². The van der Waals surface area contributed by atoms with Gasteiger partial charge >= 0.3 is 0 Å². The predicted octanol–water partition coefficient (Wildman–Crippen LogP) is 6.67. The largest absolute Gasteiger partial charge is 0.0693 e. The minimum Gasteiger partial charge on any atom is -0.0693 e. The normalized spacial score (nSPS) is 19.1. The maximum Gasteiger partial charge on any atom is 0.0359 e. The second-order valence-electron chi connectivity index (χ2n) is 6.47. The van der Waals surface area contributed by atoms with E-state index in [1.54, 1.807) is 0 Å². The van der Waals surface area contributed by atoms with Gasteiger partial charge in [0.15, 0.2) is 0 Å². The third kappa shape index (κ3) is 3.25. The van der Waals surface area contributed by atoms with Crippen molar-refractivity contribution in [2.45, 2.75) is 11.8 Å². The van der Waals surface area contributed by atoms with E-state index in [4.69, 9.17) is 0 Å². The van der Waals surface area contributed by atoms with Gasteiger partial charge in [-0.1, -0.05) is 113 Å². The van der Waals surface area contributed by atoms with Gasteiger partial charge in [-0.2, -0.15) is 0 Å². The van der Waals surface area contributed by atoms with E-state index in [1.165, 1.54) is 22.3 Å². The van der Waals surface area contributed by atoms with Crippen LogP contribution >= 0.6 is 15.9 Å². The van der Waals surface area contributed by atoms with Crippen LogP contribution in [0.1, 0.15) is 22.3 Å². The molecule has 0 spiro atoms. The summed E-state index contributed by atoms with van der Waals surface area (Å²) in [7, 11) is 0. The summed E-state index contributed by atoms with van der Waals surface area (Å²) in [6.07, 6.45) is 10.1. The lowest BCUT2D eigenvalue weighted by atomic mass is 9.71. The summed E-state index contributed by atoms with van der Waals surface area (Å²) < 4.78 is 1.16. The molecule has 0 fully saturated rings. The molecule has 0 radical (unpaired) electrons. The van der Waals surface area contributed by atoms with Crippen molar-refractivity contribution in [2.24, 2.45) is 0 Å². The summed E-state index contributed by atoms with van der Waals surface area (Å²) in [6, 6.07) is 27.7. The van der Waals surface area contributed by atoms with Crippen molar-refractivity contribution < 1.29 is 0 Å². The van der Waals surface area contributed by atoms with Crippen molar-refractivity contribution in [1.82, 2.24) is 0 Å². The lowest BCUT2D eigenvalue weighted by Crippen LogP contribution is -2.26. The Morgan fingerprint density at radius 2 is 1.52 bits per heavy atom. The van der Waals surface area contributed by atoms with Crippen molar-refractivity contribution in [3.8, 4) is 0 Å². The Balaban J connectivity index is 1.81. The van der Waals surface area contributed by atoms with E-state index in [-0.39, 0.29) is 5.41 Å². The molecule has 0 saturated carbocycles. The highest BCUT2D eigenvalue weighted by Crippen LogP contribution is 2.39. The first-order chi connectivity index (χ1) is 12.3. The van der Waals surface area contributed by atoms with Gasteiger partial charge in [-0.25, -0.2) is 0 Å². The third-order valence-electron chi connectivity index (χ3n) is 4.86. The number of halogens is 1. The molecule has 1 aliphatic rings. The zero-order valence-electron chi connectivity index (χ0n) is 13.9. The fraction of sp³-hybridized carbons (Fsp3) is 0.0833. The van der Waals surface area contributed by atoms with Gasteiger partial charge in [0.25, 0.3) is 0 Å². The molecule has 1 aliphatic carbocycles. The van der Waals surface area contributed by atoms with Gasteiger partial charge in [0.1, 0.15) is 0 Å². The van der Waals surface area contributed by atoms with Crippen LogP contribution in [0.2, 0.25) is 0 Å². The van der Waals surface area contributed by atoms with Gasteiger partial charge in [-0.15, -0.1) is 0 Å². The molecular weight excluding hydrogens is 368 g/mol. The summed E-state index contributed by atoms with van der Waals surface area (Å²) in [5.41, 5.74) is 5.10. The average molecular weight is 387 g/mol. The van der Waals surface area contributed by atoms with E-state index >= 15 is 0 Å². The zero-order valence-corrected chi connectivity index (χ0v) is 15.5. The van der Waals surface area contributed by atoms with Crippen molar-refractivity contribution in [3.63, 3.8) is 0 Å². The van der Waals surface area contributed by atoms with E-state index < -0.39 is 0 Å². The van der Waals surface area contributed by atoms with Crippen molar-refractivity contribution in [1.29, 1.82) is 0 Å². The minimum absolute atomic E-state index is 0.120. The van der Waals surface area contributed by atoms with Crippen LogP contribution in [0.25, 0.3) is 12.2 Å². The fourth-order valence-electron chi connectivity index (χ4n) is 3.50. The minimum atomic E-state index is -0.120. The molecule has 25 heavy (non-hydrogen) atoms. The Morgan fingerprint density at radius 3 is 2.28 bits per heavy atom. The Kier molecular flexibility index (Phi) is 4.42. The first-order valence-electron chi connectivity index (χ1n) is 8.53. The molecule has 1 unspecified atom stereocenters. The molecule has 0 nitrogen and oxygen atoms in total. The summed E-state index contributed by atoms with van der Waals surface area (Å²) in [6.45, 7) is 0. The van der Waals surface area contributed by atoms with E-state index in [2.05, 4.69) is 119 Å². The smallest absolute Gasteiger partial charge is 0.0359 e. The number of rotatable bonds is 3. The highest BCUT2D eigenvalue weighted by Gasteiger charge is 2.30. The molecule has 1 heteroatoms. The molecule has 4 rings (SSSR count). The second-order valence-corrected chi connectivity index (χ2v) is 7.33. The van der Waals surface area contributed by atoms with Crippen LogP contribution in [0.4, 0.5) is 0 Å². The molecule has 3 aromatic carbocycles. The van der Waals surface area contributed by atoms with E-state index in [0.29, 0.717) is 0 Å². The van der Waals surface area contributed by atoms with Crippen LogP contribution < -0.4 is 0 Å². The van der Waals surface area contributed by atoms with E-state index in [1.807, 2.05) is 0 Å². The second kappa shape index (κ2) is 6.85. The number of fused-ring (bicyclic) bond motifs is 1. The molecule has 0 N–H and O–H groups in total. The summed E-state index contributed by atoms with van der Waals surface area (Å²) in [4.78, 5) is 0. The number of hydrogen-bond donors (Lipinski definition) is 0. The lowest BCUT2D eigenvalue weighted by molar-refractivity contribution is 0.661. The highest BCUT2D eigenvalue weighted by atomic mass is 79.9. The molecule has 0 aliphatic heterocycles. The summed E-state index contributed by atoms with van der Waals surface area (Å²) in [5, 5.41) is 0. The Morgan fingerprint density at radius 1 is 0.800 bits per heavy atom. The lowest BCUT2D eigenvalue weighted by Gasteiger charge is -2.32. The topological polar surface area (TPSA) is 0 Å². The van der Waals surface area contributed by atoms with Crippen LogP contribution in [-0.4, -0.2) is 0 Å². The SMILES string of the molecule is Brc1cccc2c1C=CC(C=Cc1ccccc1)(c1ccccc1)C2. The van der Waals surface area contributed by atoms with Crippen LogP contribution in [0, 0.1) is 0 Å². The average Bonchev–Trinajstić information content (AvgIpc) is 2.68. The first-order valence-corrected chi connectivity index (χ1v) is 9.33. The van der Waals surface area contributed by atoms with Crippen molar-refractivity contribution in [2.75, 3.05) is 0 Å². The molecule has 3 aromatic rings. The van der Waals surface area contributed by atoms with Crippen LogP contribution in [0.3, 0.4) is 0 Å². The van der Waals surface area contributed by atoms with Gasteiger partial charge < -0.3 is 0 Å².